The van der Waals surface area contributed by atoms with E-state index in [2.05, 4.69) is 25.2 Å². The molecule has 3 atom stereocenters. The van der Waals surface area contributed by atoms with Gasteiger partial charge in [-0.1, -0.05) is 19.8 Å². The third kappa shape index (κ3) is 5.63. The Balaban J connectivity index is 1.54. The van der Waals surface area contributed by atoms with Gasteiger partial charge in [0.05, 0.1) is 26.9 Å². The van der Waals surface area contributed by atoms with Gasteiger partial charge in [0, 0.05) is 6.04 Å². The summed E-state index contributed by atoms with van der Waals surface area (Å²) in [6.07, 6.45) is 4.88. The largest absolute Gasteiger partial charge is 0.493 e. The first-order chi connectivity index (χ1) is 15.0. The average Bonchev–Trinajstić information content (AvgIpc) is 2.80. The van der Waals surface area contributed by atoms with Crippen molar-refractivity contribution < 1.29 is 28.8 Å². The van der Waals surface area contributed by atoms with Crippen molar-refractivity contribution >= 4 is 5.91 Å². The Morgan fingerprint density at radius 2 is 1.71 bits per heavy atom. The van der Waals surface area contributed by atoms with Crippen LogP contribution < -0.4 is 29.3 Å². The summed E-state index contributed by atoms with van der Waals surface area (Å²) < 4.78 is 16.6. The monoisotopic (exact) mass is 435 g/mol. The van der Waals surface area contributed by atoms with Crippen LogP contribution in [0.5, 0.6) is 17.2 Å². The Morgan fingerprint density at radius 3 is 2.32 bits per heavy atom. The van der Waals surface area contributed by atoms with Crippen LogP contribution in [-0.4, -0.2) is 65.5 Å². The fourth-order valence-electron chi connectivity index (χ4n) is 5.13. The van der Waals surface area contributed by atoms with Gasteiger partial charge in [0.15, 0.2) is 17.5 Å². The maximum absolute atomic E-state index is 12.9. The van der Waals surface area contributed by atoms with Crippen molar-refractivity contribution in [2.75, 3.05) is 47.5 Å². The molecule has 31 heavy (non-hydrogen) atoms. The van der Waals surface area contributed by atoms with Gasteiger partial charge in [-0.25, -0.2) is 0 Å². The van der Waals surface area contributed by atoms with Crippen LogP contribution in [0.15, 0.2) is 12.1 Å². The lowest BCUT2D eigenvalue weighted by Gasteiger charge is -2.35. The molecule has 7 heteroatoms. The van der Waals surface area contributed by atoms with Gasteiger partial charge in [0.25, 0.3) is 5.91 Å². The Morgan fingerprint density at radius 1 is 1.03 bits per heavy atom. The molecule has 0 bridgehead atoms. The van der Waals surface area contributed by atoms with Crippen molar-refractivity contribution in [2.24, 2.45) is 5.92 Å². The highest BCUT2D eigenvalue weighted by molar-refractivity contribution is 5.80. The zero-order valence-corrected chi connectivity index (χ0v) is 19.9. The van der Waals surface area contributed by atoms with E-state index in [0.29, 0.717) is 23.5 Å². The van der Waals surface area contributed by atoms with Crippen molar-refractivity contribution in [1.29, 1.82) is 0 Å². The van der Waals surface area contributed by atoms with Crippen LogP contribution in [0.3, 0.4) is 0 Å². The molecule has 1 saturated carbocycles. The number of quaternary nitrogens is 2. The molecule has 1 heterocycles. The zero-order valence-electron chi connectivity index (χ0n) is 19.9. The number of nitrogens with one attached hydrogen (secondary N) is 3. The van der Waals surface area contributed by atoms with E-state index >= 15 is 0 Å². The summed E-state index contributed by atoms with van der Waals surface area (Å²) in [5.74, 6) is 2.89. The minimum Gasteiger partial charge on any atom is -0.493 e. The van der Waals surface area contributed by atoms with Crippen LogP contribution in [-0.2, 0) is 11.3 Å². The Kier molecular flexibility index (Phi) is 8.43. The predicted molar refractivity (Wildman–Crippen MR) is 120 cm³/mol. The van der Waals surface area contributed by atoms with Gasteiger partial charge in [-0.3, -0.25) is 4.79 Å². The molecule has 0 unspecified atom stereocenters. The lowest BCUT2D eigenvalue weighted by atomic mass is 9.86. The van der Waals surface area contributed by atoms with Crippen molar-refractivity contribution in [1.82, 2.24) is 5.32 Å². The molecule has 1 aromatic carbocycles. The minimum absolute atomic E-state index is 0.00583. The van der Waals surface area contributed by atoms with Crippen molar-refractivity contribution in [3.63, 3.8) is 0 Å². The number of piperazine rings is 1. The lowest BCUT2D eigenvalue weighted by Crippen LogP contribution is -3.29. The summed E-state index contributed by atoms with van der Waals surface area (Å²) in [6, 6.07) is 4.36. The highest BCUT2D eigenvalue weighted by Crippen LogP contribution is 2.39. The predicted octanol–water partition coefficient (Wildman–Crippen LogP) is 0.0792. The Hall–Kier alpha value is -1.99. The molecule has 2 aliphatic rings. The summed E-state index contributed by atoms with van der Waals surface area (Å²) in [4.78, 5) is 15.8. The van der Waals surface area contributed by atoms with Gasteiger partial charge >= 0.3 is 0 Å². The molecule has 3 rings (SSSR count). The molecule has 0 radical (unpaired) electrons. The number of hydrogen-bond donors (Lipinski definition) is 3. The number of rotatable bonds is 8. The van der Waals surface area contributed by atoms with Crippen LogP contribution in [0.4, 0.5) is 0 Å². The second-order valence-corrected chi connectivity index (χ2v) is 9.18. The summed E-state index contributed by atoms with van der Waals surface area (Å²) >= 11 is 0. The zero-order chi connectivity index (χ0) is 22.4. The fourth-order valence-corrected chi connectivity index (χ4v) is 5.13. The molecule has 0 aromatic heterocycles. The van der Waals surface area contributed by atoms with Crippen LogP contribution in [0.25, 0.3) is 0 Å². The van der Waals surface area contributed by atoms with E-state index in [-0.39, 0.29) is 11.9 Å². The topological polar surface area (TPSA) is 65.7 Å². The summed E-state index contributed by atoms with van der Waals surface area (Å²) in [7, 11) is 4.95. The molecule has 7 nitrogen and oxygen atoms in total. The quantitative estimate of drug-likeness (QED) is 0.541. The first kappa shape index (κ1) is 23.7. The first-order valence-corrected chi connectivity index (χ1v) is 11.7. The number of methoxy groups -OCH3 is 3. The third-order valence-corrected chi connectivity index (χ3v) is 7.27. The van der Waals surface area contributed by atoms with E-state index in [1.165, 1.54) is 29.1 Å². The minimum atomic E-state index is 0.00583. The van der Waals surface area contributed by atoms with Crippen LogP contribution in [0, 0.1) is 5.92 Å². The molecule has 0 spiro atoms. The van der Waals surface area contributed by atoms with Gasteiger partial charge in [-0.05, 0) is 37.8 Å². The van der Waals surface area contributed by atoms with Gasteiger partial charge in [0.2, 0.25) is 5.75 Å². The normalized spacial score (nSPS) is 27.3. The van der Waals surface area contributed by atoms with Crippen LogP contribution in [0.2, 0.25) is 0 Å². The number of carbonyl (C=O) groups excluding carboxylic acids is 1. The molecular weight excluding hydrogens is 394 g/mol. The number of amides is 1. The van der Waals surface area contributed by atoms with Crippen LogP contribution >= 0.6 is 0 Å². The van der Waals surface area contributed by atoms with Crippen molar-refractivity contribution in [3.05, 3.63) is 17.7 Å². The van der Waals surface area contributed by atoms with E-state index in [1.807, 2.05) is 6.07 Å². The van der Waals surface area contributed by atoms with Crippen molar-refractivity contribution in [3.8, 4) is 17.2 Å². The SMILES string of the molecule is COc1ccc(C[NH+]2CC[NH+]([C@H](C)C(=O)N[C@@H]3CCCC[C@@H]3C)CC2)c(OC)c1OC. The van der Waals surface area contributed by atoms with Crippen molar-refractivity contribution in [2.45, 2.75) is 58.2 Å². The molecule has 2 fully saturated rings. The fraction of sp³-hybridized carbons (Fsp3) is 0.708. The molecule has 1 aliphatic heterocycles. The summed E-state index contributed by atoms with van der Waals surface area (Å²) in [5, 5.41) is 3.35. The average molecular weight is 436 g/mol. The number of benzene rings is 1. The lowest BCUT2D eigenvalue weighted by molar-refractivity contribution is -1.02. The number of hydrogen-bond acceptors (Lipinski definition) is 4. The Labute approximate surface area is 187 Å². The van der Waals surface area contributed by atoms with E-state index in [4.69, 9.17) is 14.2 Å². The molecule has 3 N–H and O–H groups in total. The smallest absolute Gasteiger partial charge is 0.278 e. The van der Waals surface area contributed by atoms with E-state index in [9.17, 15) is 4.79 Å². The second kappa shape index (κ2) is 11.0. The van der Waals surface area contributed by atoms with E-state index in [1.54, 1.807) is 21.3 Å². The summed E-state index contributed by atoms with van der Waals surface area (Å²) in [5.41, 5.74) is 1.12. The Bertz CT molecular complexity index is 734. The molecular formula is C24H41N3O4+2. The maximum Gasteiger partial charge on any atom is 0.278 e. The number of carbonyl (C=O) groups is 1. The molecule has 1 aromatic rings. The second-order valence-electron chi connectivity index (χ2n) is 9.18. The molecule has 174 valence electrons. The third-order valence-electron chi connectivity index (χ3n) is 7.27. The van der Waals surface area contributed by atoms with Gasteiger partial charge in [0.1, 0.15) is 32.7 Å². The van der Waals surface area contributed by atoms with Gasteiger partial charge < -0.3 is 29.3 Å². The molecule has 1 aliphatic carbocycles. The van der Waals surface area contributed by atoms with E-state index in [0.717, 1.165) is 50.5 Å². The highest BCUT2D eigenvalue weighted by Gasteiger charge is 2.33. The van der Waals surface area contributed by atoms with Crippen LogP contribution in [0.1, 0.15) is 45.1 Å². The van der Waals surface area contributed by atoms with E-state index < -0.39 is 0 Å². The number of ether oxygens (including phenoxy) is 3. The van der Waals surface area contributed by atoms with Gasteiger partial charge in [-0.2, -0.15) is 0 Å². The molecule has 1 amide bonds. The first-order valence-electron chi connectivity index (χ1n) is 11.7. The summed E-state index contributed by atoms with van der Waals surface area (Å²) in [6.45, 7) is 9.29. The standard InChI is InChI=1S/C24H39N3O4/c1-17-8-6-7-9-20(17)25-24(28)18(2)27-14-12-26(13-15-27)16-19-10-11-21(29-3)23(31-5)22(19)30-4/h10-11,17-18,20H,6-9,12-16H2,1-5H3,(H,25,28)/p+2/t17-,18+,20+/m0/s1. The van der Waals surface area contributed by atoms with Gasteiger partial charge in [-0.15, -0.1) is 0 Å². The molecule has 1 saturated heterocycles. The maximum atomic E-state index is 12.9. The highest BCUT2D eigenvalue weighted by atomic mass is 16.5.